The van der Waals surface area contributed by atoms with Crippen LogP contribution in [0, 0.1) is 5.82 Å². The van der Waals surface area contributed by atoms with Crippen LogP contribution in [0.1, 0.15) is 24.0 Å². The lowest BCUT2D eigenvalue weighted by Gasteiger charge is -2.28. The van der Waals surface area contributed by atoms with Crippen molar-refractivity contribution in [1.29, 1.82) is 0 Å². The Morgan fingerprint density at radius 2 is 2.00 bits per heavy atom. The molecule has 3 aromatic rings. The number of halogens is 1. The third kappa shape index (κ3) is 4.83. The molecule has 1 aliphatic rings. The number of nitrogens with zero attached hydrogens (tertiary/aromatic N) is 2. The topological polar surface area (TPSA) is 63.4 Å². The number of nitrogen functional groups attached to an aromatic ring is 1. The largest absolute Gasteiger partial charge is 0.383 e. The van der Waals surface area contributed by atoms with Crippen molar-refractivity contribution in [3.05, 3.63) is 65.6 Å². The Balaban J connectivity index is 1.34. The van der Waals surface area contributed by atoms with Crippen molar-refractivity contribution in [3.8, 4) is 0 Å². The molecule has 0 atom stereocenters. The van der Waals surface area contributed by atoms with Gasteiger partial charge in [0.15, 0.2) is 0 Å². The van der Waals surface area contributed by atoms with E-state index >= 15 is 0 Å². The van der Waals surface area contributed by atoms with Gasteiger partial charge < -0.3 is 20.7 Å². The number of pyridine rings is 1. The fourth-order valence-corrected chi connectivity index (χ4v) is 3.70. The van der Waals surface area contributed by atoms with Gasteiger partial charge in [0.05, 0.1) is 12.7 Å². The van der Waals surface area contributed by atoms with Gasteiger partial charge in [0.25, 0.3) is 0 Å². The van der Waals surface area contributed by atoms with Gasteiger partial charge in [-0.05, 0) is 61.2 Å². The van der Waals surface area contributed by atoms with Crippen LogP contribution in [-0.4, -0.2) is 36.1 Å². The smallest absolute Gasteiger partial charge is 0.131 e. The number of benzene rings is 2. The van der Waals surface area contributed by atoms with Crippen molar-refractivity contribution in [2.45, 2.75) is 32.1 Å². The van der Waals surface area contributed by atoms with Crippen LogP contribution in [0.4, 0.5) is 15.9 Å². The fourth-order valence-electron chi connectivity index (χ4n) is 3.70. The third-order valence-electron chi connectivity index (χ3n) is 5.55. The van der Waals surface area contributed by atoms with E-state index in [9.17, 15) is 4.39 Å². The minimum Gasteiger partial charge on any atom is -0.383 e. The highest BCUT2D eigenvalue weighted by Gasteiger charge is 2.17. The average molecular weight is 394 g/mol. The maximum absolute atomic E-state index is 14.5. The summed E-state index contributed by atoms with van der Waals surface area (Å²) in [6.45, 7) is 2.98. The molecule has 0 saturated carbocycles. The molecule has 2 aromatic carbocycles. The van der Waals surface area contributed by atoms with E-state index in [1.807, 2.05) is 36.4 Å². The lowest BCUT2D eigenvalue weighted by Crippen LogP contribution is -2.34. The molecule has 5 nitrogen and oxygen atoms in total. The van der Waals surface area contributed by atoms with E-state index < -0.39 is 0 Å². The first-order valence-electron chi connectivity index (χ1n) is 10.0. The molecule has 0 bridgehead atoms. The highest BCUT2D eigenvalue weighted by atomic mass is 19.1. The maximum atomic E-state index is 14.5. The predicted octanol–water partition coefficient (Wildman–Crippen LogP) is 4.18. The van der Waals surface area contributed by atoms with Crippen LogP contribution in [-0.2, 0) is 17.9 Å². The highest BCUT2D eigenvalue weighted by molar-refractivity contribution is 5.92. The molecule has 1 fully saturated rings. The molecule has 152 valence electrons. The number of aromatic nitrogens is 1. The molecule has 2 heterocycles. The molecule has 0 amide bonds. The normalized spacial score (nSPS) is 15.7. The number of anilines is 2. The molecule has 0 radical (unpaired) electrons. The Morgan fingerprint density at radius 3 is 2.79 bits per heavy atom. The number of hydrogen-bond acceptors (Lipinski definition) is 5. The van der Waals surface area contributed by atoms with E-state index in [-0.39, 0.29) is 11.9 Å². The molecule has 1 aromatic heterocycles. The minimum absolute atomic E-state index is 0.212. The number of hydrogen-bond donors (Lipinski definition) is 2. The third-order valence-corrected chi connectivity index (χ3v) is 5.55. The zero-order valence-corrected chi connectivity index (χ0v) is 16.7. The quantitative estimate of drug-likeness (QED) is 0.657. The molecule has 0 spiro atoms. The van der Waals surface area contributed by atoms with Crippen LogP contribution in [0.5, 0.6) is 0 Å². The molecular weight excluding hydrogens is 367 g/mol. The van der Waals surface area contributed by atoms with E-state index in [4.69, 9.17) is 10.5 Å². The second kappa shape index (κ2) is 8.76. The second-order valence-electron chi connectivity index (χ2n) is 7.73. The van der Waals surface area contributed by atoms with Crippen molar-refractivity contribution >= 4 is 22.3 Å². The van der Waals surface area contributed by atoms with Crippen LogP contribution in [0.3, 0.4) is 0 Å². The summed E-state index contributed by atoms with van der Waals surface area (Å²) in [5.41, 5.74) is 8.31. The van der Waals surface area contributed by atoms with Gasteiger partial charge in [-0.2, -0.15) is 0 Å². The summed E-state index contributed by atoms with van der Waals surface area (Å²) in [4.78, 5) is 6.40. The molecular formula is C23H27FN4O. The summed E-state index contributed by atoms with van der Waals surface area (Å²) in [7, 11) is 2.13. The van der Waals surface area contributed by atoms with Crippen molar-refractivity contribution in [1.82, 2.24) is 9.88 Å². The van der Waals surface area contributed by atoms with E-state index in [0.717, 1.165) is 48.0 Å². The Labute approximate surface area is 170 Å². The number of nitrogens with one attached hydrogen (secondary N) is 1. The van der Waals surface area contributed by atoms with Crippen LogP contribution < -0.4 is 11.1 Å². The first-order valence-corrected chi connectivity index (χ1v) is 10.0. The van der Waals surface area contributed by atoms with Gasteiger partial charge in [-0.25, -0.2) is 9.37 Å². The number of rotatable bonds is 6. The zero-order chi connectivity index (χ0) is 20.2. The Kier molecular flexibility index (Phi) is 5.92. The van der Waals surface area contributed by atoms with Crippen LogP contribution in [0.25, 0.3) is 10.8 Å². The van der Waals surface area contributed by atoms with Crippen LogP contribution >= 0.6 is 0 Å². The second-order valence-corrected chi connectivity index (χ2v) is 7.73. The molecule has 3 N–H and O–H groups in total. The van der Waals surface area contributed by atoms with Crippen LogP contribution in [0.2, 0.25) is 0 Å². The van der Waals surface area contributed by atoms with Gasteiger partial charge in [0.1, 0.15) is 11.6 Å². The molecule has 4 rings (SSSR count). The van der Waals surface area contributed by atoms with Crippen LogP contribution in [0.15, 0.2) is 48.7 Å². The molecule has 6 heteroatoms. The molecule has 1 aliphatic heterocycles. The van der Waals surface area contributed by atoms with Crippen molar-refractivity contribution in [2.24, 2.45) is 0 Å². The van der Waals surface area contributed by atoms with Gasteiger partial charge in [0, 0.05) is 42.5 Å². The summed E-state index contributed by atoms with van der Waals surface area (Å²) in [6.07, 6.45) is 4.03. The Bertz CT molecular complexity index is 986. The number of likely N-dealkylation sites (tertiary alicyclic amines) is 1. The monoisotopic (exact) mass is 394 g/mol. The number of piperidine rings is 1. The fraction of sp³-hybridized carbons (Fsp3) is 0.348. The number of fused-ring (bicyclic) bond motifs is 1. The first-order chi connectivity index (χ1) is 14.1. The van der Waals surface area contributed by atoms with E-state index in [1.165, 1.54) is 0 Å². The molecule has 0 aliphatic carbocycles. The van der Waals surface area contributed by atoms with E-state index in [1.54, 1.807) is 12.3 Å². The Morgan fingerprint density at radius 1 is 1.17 bits per heavy atom. The van der Waals surface area contributed by atoms with Crippen molar-refractivity contribution in [3.63, 3.8) is 0 Å². The molecule has 0 unspecified atom stereocenters. The zero-order valence-electron chi connectivity index (χ0n) is 16.7. The van der Waals surface area contributed by atoms with Gasteiger partial charge in [-0.3, -0.25) is 0 Å². The molecule has 29 heavy (non-hydrogen) atoms. The summed E-state index contributed by atoms with van der Waals surface area (Å²) >= 11 is 0. The van der Waals surface area contributed by atoms with E-state index in [0.29, 0.717) is 24.5 Å². The lowest BCUT2D eigenvalue weighted by atomic mass is 10.1. The summed E-state index contributed by atoms with van der Waals surface area (Å²) < 4.78 is 20.5. The van der Waals surface area contributed by atoms with Crippen molar-refractivity contribution < 1.29 is 9.13 Å². The highest BCUT2D eigenvalue weighted by Crippen LogP contribution is 2.23. The van der Waals surface area contributed by atoms with Gasteiger partial charge in [0.2, 0.25) is 0 Å². The Hall–Kier alpha value is -2.70. The standard InChI is InChI=1S/C23H27FN4O/c1-28-10-7-20(8-11-28)29-15-16-2-3-18(22(24)12-16)14-27-19-4-5-21-17(13-19)6-9-26-23(21)25/h2-6,9,12-13,20,27H,7-8,10-11,14-15H2,1H3,(H2,25,26). The average Bonchev–Trinajstić information content (AvgIpc) is 2.73. The minimum atomic E-state index is -0.212. The lowest BCUT2D eigenvalue weighted by molar-refractivity contribution is 0.00204. The summed E-state index contributed by atoms with van der Waals surface area (Å²) in [6, 6.07) is 13.1. The van der Waals surface area contributed by atoms with Gasteiger partial charge in [-0.15, -0.1) is 0 Å². The summed E-state index contributed by atoms with van der Waals surface area (Å²) in [5, 5.41) is 5.20. The predicted molar refractivity (Wildman–Crippen MR) is 115 cm³/mol. The van der Waals surface area contributed by atoms with Crippen molar-refractivity contribution in [2.75, 3.05) is 31.2 Å². The molecule has 1 saturated heterocycles. The maximum Gasteiger partial charge on any atom is 0.131 e. The summed E-state index contributed by atoms with van der Waals surface area (Å²) in [5.74, 6) is 0.300. The number of ether oxygens (including phenoxy) is 1. The van der Waals surface area contributed by atoms with Gasteiger partial charge in [-0.1, -0.05) is 12.1 Å². The SMILES string of the molecule is CN1CCC(OCc2ccc(CNc3ccc4c(N)nccc4c3)c(F)c2)CC1. The number of nitrogens with two attached hydrogens (primary N) is 1. The van der Waals surface area contributed by atoms with Gasteiger partial charge >= 0.3 is 0 Å². The first kappa shape index (κ1) is 19.6. The van der Waals surface area contributed by atoms with E-state index in [2.05, 4.69) is 22.2 Å².